The molecule has 0 aliphatic rings. The van der Waals surface area contributed by atoms with E-state index >= 15 is 0 Å². The lowest BCUT2D eigenvalue weighted by Gasteiger charge is -2.01. The summed E-state index contributed by atoms with van der Waals surface area (Å²) < 4.78 is 4.83. The van der Waals surface area contributed by atoms with Gasteiger partial charge < -0.3 is 10.5 Å². The molecule has 0 aliphatic heterocycles. The first-order chi connectivity index (χ1) is 7.06. The molecule has 0 aromatic rings. The van der Waals surface area contributed by atoms with Gasteiger partial charge in [-0.05, 0) is 39.7 Å². The van der Waals surface area contributed by atoms with Crippen LogP contribution in [0.3, 0.4) is 0 Å². The summed E-state index contributed by atoms with van der Waals surface area (Å²) >= 11 is 0. The minimum atomic E-state index is -0.358. The molecule has 0 amide bonds. The first-order valence-corrected chi connectivity index (χ1v) is 5.21. The van der Waals surface area contributed by atoms with Gasteiger partial charge in [0.05, 0.1) is 6.54 Å². The summed E-state index contributed by atoms with van der Waals surface area (Å²) in [5.41, 5.74) is 7.66. The van der Waals surface area contributed by atoms with Crippen LogP contribution in [0.4, 0.5) is 0 Å². The molecule has 0 aromatic heterocycles. The Morgan fingerprint density at radius 1 is 1.27 bits per heavy atom. The Morgan fingerprint density at radius 2 is 1.93 bits per heavy atom. The average molecular weight is 211 g/mol. The molecule has 0 bridgehead atoms. The number of ether oxygens (including phenoxy) is 1. The zero-order chi connectivity index (χ0) is 11.7. The summed E-state index contributed by atoms with van der Waals surface area (Å²) in [6.45, 7) is 6.49. The standard InChI is InChI=1S/C12H21NO2/c1-10(2)5-4-6-11(3)7-8-15-12(14)9-13/h5,7H,4,6,8-9,13H2,1-3H3/b11-7+. The largest absolute Gasteiger partial charge is 0.461 e. The predicted octanol–water partition coefficient (Wildman–Crippen LogP) is 2.18. The van der Waals surface area contributed by atoms with Crippen molar-refractivity contribution in [2.45, 2.75) is 33.6 Å². The second kappa shape index (κ2) is 8.24. The SMILES string of the molecule is CC(C)=CCC/C(C)=C/COC(=O)CN. The lowest BCUT2D eigenvalue weighted by molar-refractivity contribution is -0.140. The van der Waals surface area contributed by atoms with Crippen molar-refractivity contribution in [1.82, 2.24) is 0 Å². The molecule has 0 aliphatic carbocycles. The van der Waals surface area contributed by atoms with Crippen LogP contribution in [0, 0.1) is 0 Å². The summed E-state index contributed by atoms with van der Waals surface area (Å²) in [7, 11) is 0. The summed E-state index contributed by atoms with van der Waals surface area (Å²) in [5.74, 6) is -0.358. The van der Waals surface area contributed by atoms with E-state index in [1.807, 2.05) is 13.0 Å². The van der Waals surface area contributed by atoms with Crippen molar-refractivity contribution in [3.8, 4) is 0 Å². The smallest absolute Gasteiger partial charge is 0.320 e. The van der Waals surface area contributed by atoms with Crippen molar-refractivity contribution in [3.63, 3.8) is 0 Å². The van der Waals surface area contributed by atoms with E-state index in [0.29, 0.717) is 6.61 Å². The third kappa shape index (κ3) is 9.22. The maximum absolute atomic E-state index is 10.7. The Bertz CT molecular complexity index is 250. The van der Waals surface area contributed by atoms with E-state index in [0.717, 1.165) is 12.8 Å². The highest BCUT2D eigenvalue weighted by Crippen LogP contribution is 2.06. The topological polar surface area (TPSA) is 52.3 Å². The highest BCUT2D eigenvalue weighted by Gasteiger charge is 1.95. The van der Waals surface area contributed by atoms with E-state index in [4.69, 9.17) is 10.5 Å². The molecule has 2 N–H and O–H groups in total. The van der Waals surface area contributed by atoms with Crippen molar-refractivity contribution in [2.24, 2.45) is 5.73 Å². The molecular formula is C12H21NO2. The van der Waals surface area contributed by atoms with Crippen LogP contribution in [0.15, 0.2) is 23.3 Å². The zero-order valence-electron chi connectivity index (χ0n) is 9.88. The third-order valence-electron chi connectivity index (χ3n) is 1.93. The van der Waals surface area contributed by atoms with Gasteiger partial charge in [-0.3, -0.25) is 4.79 Å². The first-order valence-electron chi connectivity index (χ1n) is 5.21. The molecule has 0 saturated heterocycles. The number of carbonyl (C=O) groups excluding carboxylic acids is 1. The van der Waals surface area contributed by atoms with Crippen LogP contribution in [0.2, 0.25) is 0 Å². The molecule has 0 rings (SSSR count). The van der Waals surface area contributed by atoms with Crippen molar-refractivity contribution >= 4 is 5.97 Å². The van der Waals surface area contributed by atoms with Gasteiger partial charge in [0.25, 0.3) is 0 Å². The van der Waals surface area contributed by atoms with Crippen LogP contribution in [0.25, 0.3) is 0 Å². The molecule has 0 fully saturated rings. The Hall–Kier alpha value is -1.09. The maximum atomic E-state index is 10.7. The van der Waals surface area contributed by atoms with E-state index in [-0.39, 0.29) is 12.5 Å². The van der Waals surface area contributed by atoms with Crippen molar-refractivity contribution in [2.75, 3.05) is 13.2 Å². The molecule has 0 spiro atoms. The van der Waals surface area contributed by atoms with Gasteiger partial charge in [-0.15, -0.1) is 0 Å². The maximum Gasteiger partial charge on any atom is 0.320 e. The summed E-state index contributed by atoms with van der Waals surface area (Å²) in [4.78, 5) is 10.7. The van der Waals surface area contributed by atoms with Crippen LogP contribution in [0.1, 0.15) is 33.6 Å². The Labute approximate surface area is 92.0 Å². The van der Waals surface area contributed by atoms with E-state index in [2.05, 4.69) is 19.9 Å². The third-order valence-corrected chi connectivity index (χ3v) is 1.93. The van der Waals surface area contributed by atoms with Crippen LogP contribution in [-0.4, -0.2) is 19.1 Å². The second-order valence-corrected chi connectivity index (χ2v) is 3.76. The quantitative estimate of drug-likeness (QED) is 0.541. The van der Waals surface area contributed by atoms with Crippen molar-refractivity contribution in [1.29, 1.82) is 0 Å². The number of nitrogens with two attached hydrogens (primary N) is 1. The van der Waals surface area contributed by atoms with Crippen LogP contribution < -0.4 is 5.73 Å². The normalized spacial score (nSPS) is 11.1. The van der Waals surface area contributed by atoms with Gasteiger partial charge in [0.2, 0.25) is 0 Å². The van der Waals surface area contributed by atoms with E-state index in [1.54, 1.807) is 0 Å². The zero-order valence-corrected chi connectivity index (χ0v) is 9.88. The number of hydrogen-bond acceptors (Lipinski definition) is 3. The summed E-state index contributed by atoms with van der Waals surface area (Å²) in [6.07, 6.45) is 6.16. The molecule has 0 atom stereocenters. The molecular weight excluding hydrogens is 190 g/mol. The highest BCUT2D eigenvalue weighted by molar-refractivity contribution is 5.71. The molecule has 0 radical (unpaired) electrons. The number of carbonyl (C=O) groups is 1. The fraction of sp³-hybridized carbons (Fsp3) is 0.583. The van der Waals surface area contributed by atoms with Gasteiger partial charge in [-0.1, -0.05) is 17.2 Å². The van der Waals surface area contributed by atoms with Crippen LogP contribution >= 0.6 is 0 Å². The van der Waals surface area contributed by atoms with Crippen molar-refractivity contribution in [3.05, 3.63) is 23.3 Å². The molecule has 86 valence electrons. The van der Waals surface area contributed by atoms with Crippen LogP contribution in [0.5, 0.6) is 0 Å². The minimum Gasteiger partial charge on any atom is -0.461 e. The first kappa shape index (κ1) is 13.9. The van der Waals surface area contributed by atoms with Gasteiger partial charge in [-0.25, -0.2) is 0 Å². The monoisotopic (exact) mass is 211 g/mol. The van der Waals surface area contributed by atoms with Crippen LogP contribution in [-0.2, 0) is 9.53 Å². The fourth-order valence-electron chi connectivity index (χ4n) is 1.03. The molecule has 0 saturated carbocycles. The molecule has 0 heterocycles. The Balaban J connectivity index is 3.70. The molecule has 3 nitrogen and oxygen atoms in total. The molecule has 3 heteroatoms. The lowest BCUT2D eigenvalue weighted by atomic mass is 10.1. The van der Waals surface area contributed by atoms with Gasteiger partial charge in [0.15, 0.2) is 0 Å². The molecule has 0 aromatic carbocycles. The predicted molar refractivity (Wildman–Crippen MR) is 62.4 cm³/mol. The average Bonchev–Trinajstić information content (AvgIpc) is 2.17. The fourth-order valence-corrected chi connectivity index (χ4v) is 1.03. The Kier molecular flexibility index (Phi) is 7.64. The van der Waals surface area contributed by atoms with E-state index in [1.165, 1.54) is 11.1 Å². The van der Waals surface area contributed by atoms with E-state index < -0.39 is 0 Å². The molecule has 0 unspecified atom stereocenters. The number of rotatable bonds is 6. The lowest BCUT2D eigenvalue weighted by Crippen LogP contribution is -2.16. The number of allylic oxidation sites excluding steroid dienone is 3. The van der Waals surface area contributed by atoms with Crippen molar-refractivity contribution < 1.29 is 9.53 Å². The number of hydrogen-bond donors (Lipinski definition) is 1. The van der Waals surface area contributed by atoms with Gasteiger partial charge in [0.1, 0.15) is 6.61 Å². The van der Waals surface area contributed by atoms with E-state index in [9.17, 15) is 4.79 Å². The minimum absolute atomic E-state index is 0.0509. The second-order valence-electron chi connectivity index (χ2n) is 3.76. The van der Waals surface area contributed by atoms with Gasteiger partial charge in [-0.2, -0.15) is 0 Å². The highest BCUT2D eigenvalue weighted by atomic mass is 16.5. The molecule has 15 heavy (non-hydrogen) atoms. The summed E-state index contributed by atoms with van der Waals surface area (Å²) in [6, 6.07) is 0. The number of esters is 1. The summed E-state index contributed by atoms with van der Waals surface area (Å²) in [5, 5.41) is 0. The van der Waals surface area contributed by atoms with Gasteiger partial charge >= 0.3 is 5.97 Å². The van der Waals surface area contributed by atoms with Gasteiger partial charge in [0, 0.05) is 0 Å². The Morgan fingerprint density at radius 3 is 2.47 bits per heavy atom.